The van der Waals surface area contributed by atoms with Crippen molar-refractivity contribution in [1.29, 1.82) is 0 Å². The van der Waals surface area contributed by atoms with Crippen molar-refractivity contribution >= 4 is 20.9 Å². The molecule has 1 N–H and O–H groups in total. The first-order valence-electron chi connectivity index (χ1n) is 6.26. The maximum atomic E-state index is 11.6. The summed E-state index contributed by atoms with van der Waals surface area (Å²) in [5.74, 6) is 0.744. The average molecular weight is 281 g/mol. The van der Waals surface area contributed by atoms with Crippen LogP contribution in [0.5, 0.6) is 5.75 Å². The van der Waals surface area contributed by atoms with E-state index in [0.717, 1.165) is 11.9 Å². The van der Waals surface area contributed by atoms with E-state index < -0.39 is 9.84 Å². The van der Waals surface area contributed by atoms with Gasteiger partial charge in [0.25, 0.3) is 0 Å². The molecule has 1 atom stereocenters. The summed E-state index contributed by atoms with van der Waals surface area (Å²) in [4.78, 5) is 0. The molecule has 6 nitrogen and oxygen atoms in total. The topological polar surface area (TPSA) is 85.1 Å². The second kappa shape index (κ2) is 4.48. The number of aromatic nitrogens is 3. The summed E-state index contributed by atoms with van der Waals surface area (Å²) in [5.41, 5.74) is 1.44. The van der Waals surface area contributed by atoms with Gasteiger partial charge >= 0.3 is 0 Å². The van der Waals surface area contributed by atoms with Crippen molar-refractivity contribution in [2.45, 2.75) is 19.4 Å². The molecular weight excluding hydrogens is 266 g/mol. The zero-order chi connectivity index (χ0) is 13.5. The van der Waals surface area contributed by atoms with Gasteiger partial charge in [-0.2, -0.15) is 0 Å². The van der Waals surface area contributed by atoms with Gasteiger partial charge in [-0.3, -0.25) is 0 Å². The number of phenols is 1. The van der Waals surface area contributed by atoms with E-state index in [1.165, 1.54) is 0 Å². The lowest BCUT2D eigenvalue weighted by Crippen LogP contribution is -2.28. The number of nitrogens with zero attached hydrogens (tertiary/aromatic N) is 3. The first kappa shape index (κ1) is 12.4. The Morgan fingerprint density at radius 3 is 3.05 bits per heavy atom. The monoisotopic (exact) mass is 281 g/mol. The Kier molecular flexibility index (Phi) is 2.93. The molecule has 102 valence electrons. The molecule has 0 saturated carbocycles. The molecule has 1 aliphatic rings. The van der Waals surface area contributed by atoms with Crippen LogP contribution in [0.1, 0.15) is 12.8 Å². The third-order valence-corrected chi connectivity index (χ3v) is 5.38. The molecule has 1 aromatic carbocycles. The highest BCUT2D eigenvalue weighted by Gasteiger charge is 2.25. The summed E-state index contributed by atoms with van der Waals surface area (Å²) < 4.78 is 24.9. The molecule has 1 saturated heterocycles. The summed E-state index contributed by atoms with van der Waals surface area (Å²) in [7, 11) is -2.91. The van der Waals surface area contributed by atoms with Crippen LogP contribution in [-0.4, -0.2) is 40.0 Å². The molecule has 0 amide bonds. The van der Waals surface area contributed by atoms with Crippen molar-refractivity contribution < 1.29 is 13.5 Å². The molecular formula is C12H15N3O3S. The first-order chi connectivity index (χ1) is 9.03. The molecule has 3 rings (SSSR count). The number of hydrogen-bond acceptors (Lipinski definition) is 5. The largest absolute Gasteiger partial charge is 0.508 e. The van der Waals surface area contributed by atoms with Crippen LogP contribution in [0.15, 0.2) is 18.2 Å². The van der Waals surface area contributed by atoms with Crippen LogP contribution in [0.4, 0.5) is 0 Å². The van der Waals surface area contributed by atoms with Gasteiger partial charge in [0.1, 0.15) is 11.3 Å². The van der Waals surface area contributed by atoms with Crippen molar-refractivity contribution in [3.8, 4) is 5.75 Å². The number of aromatic hydroxyl groups is 1. The maximum Gasteiger partial charge on any atom is 0.150 e. The van der Waals surface area contributed by atoms with E-state index in [-0.39, 0.29) is 17.4 Å². The predicted molar refractivity (Wildman–Crippen MR) is 70.6 cm³/mol. The lowest BCUT2D eigenvalue weighted by Gasteiger charge is -2.21. The van der Waals surface area contributed by atoms with E-state index in [4.69, 9.17) is 0 Å². The molecule has 0 bridgehead atoms. The Bertz CT molecular complexity index is 708. The normalized spacial score (nSPS) is 22.6. The van der Waals surface area contributed by atoms with Crippen LogP contribution in [0.25, 0.3) is 11.0 Å². The Morgan fingerprint density at radius 1 is 1.42 bits per heavy atom. The quantitative estimate of drug-likeness (QED) is 0.886. The van der Waals surface area contributed by atoms with Crippen molar-refractivity contribution in [3.05, 3.63) is 18.2 Å². The molecule has 2 aromatic rings. The highest BCUT2D eigenvalue weighted by molar-refractivity contribution is 7.91. The third kappa shape index (κ3) is 2.56. The van der Waals surface area contributed by atoms with Crippen molar-refractivity contribution in [2.75, 3.05) is 11.5 Å². The van der Waals surface area contributed by atoms with E-state index in [0.29, 0.717) is 24.2 Å². The number of fused-ring (bicyclic) bond motifs is 1. The van der Waals surface area contributed by atoms with Gasteiger partial charge in [-0.1, -0.05) is 5.21 Å². The second-order valence-corrected chi connectivity index (χ2v) is 7.30. The Hall–Kier alpha value is -1.63. The predicted octanol–water partition coefficient (Wildman–Crippen LogP) is 0.962. The number of rotatable bonds is 2. The van der Waals surface area contributed by atoms with Crippen molar-refractivity contribution in [1.82, 2.24) is 15.0 Å². The van der Waals surface area contributed by atoms with Gasteiger partial charge in [-0.25, -0.2) is 13.1 Å². The lowest BCUT2D eigenvalue weighted by molar-refractivity contribution is 0.406. The Morgan fingerprint density at radius 2 is 2.26 bits per heavy atom. The molecule has 7 heteroatoms. The third-order valence-electron chi connectivity index (χ3n) is 3.49. The standard InChI is InChI=1S/C12H15N3O3S/c16-10-3-4-11-12(6-10)15(14-13-11)7-9-2-1-5-19(17,18)8-9/h3-4,6,9,16H,1-2,5,7-8H2. The summed E-state index contributed by atoms with van der Waals surface area (Å²) >= 11 is 0. The number of benzene rings is 1. The fourth-order valence-corrected chi connectivity index (χ4v) is 4.36. The molecule has 1 aromatic heterocycles. The molecule has 19 heavy (non-hydrogen) atoms. The summed E-state index contributed by atoms with van der Waals surface area (Å²) in [6, 6.07) is 4.87. The van der Waals surface area contributed by atoms with Crippen molar-refractivity contribution in [3.63, 3.8) is 0 Å². The number of sulfone groups is 1. The lowest BCUT2D eigenvalue weighted by atomic mass is 10.1. The van der Waals surface area contributed by atoms with E-state index in [9.17, 15) is 13.5 Å². The molecule has 0 spiro atoms. The van der Waals surface area contributed by atoms with Gasteiger partial charge < -0.3 is 5.11 Å². The van der Waals surface area contributed by atoms with Crippen LogP contribution in [-0.2, 0) is 16.4 Å². The zero-order valence-electron chi connectivity index (χ0n) is 10.4. The molecule has 1 fully saturated rings. The van der Waals surface area contributed by atoms with E-state index >= 15 is 0 Å². The average Bonchev–Trinajstić information content (AvgIpc) is 2.71. The van der Waals surface area contributed by atoms with Crippen LogP contribution < -0.4 is 0 Å². The van der Waals surface area contributed by atoms with Crippen LogP contribution in [0.3, 0.4) is 0 Å². The molecule has 0 radical (unpaired) electrons. The van der Waals surface area contributed by atoms with Crippen molar-refractivity contribution in [2.24, 2.45) is 5.92 Å². The minimum absolute atomic E-state index is 0.0750. The minimum atomic E-state index is -2.91. The van der Waals surface area contributed by atoms with E-state index in [1.54, 1.807) is 22.9 Å². The first-order valence-corrected chi connectivity index (χ1v) is 8.08. The molecule has 2 heterocycles. The van der Waals surface area contributed by atoms with Gasteiger partial charge in [0.15, 0.2) is 9.84 Å². The van der Waals surface area contributed by atoms with Crippen LogP contribution >= 0.6 is 0 Å². The molecule has 0 aliphatic carbocycles. The van der Waals surface area contributed by atoms with Gasteiger partial charge in [0.05, 0.1) is 17.0 Å². The zero-order valence-corrected chi connectivity index (χ0v) is 11.2. The SMILES string of the molecule is O=S1(=O)CCCC(Cn2nnc3ccc(O)cc32)C1. The number of hydrogen-bond donors (Lipinski definition) is 1. The van der Waals surface area contributed by atoms with Gasteiger partial charge in [0.2, 0.25) is 0 Å². The van der Waals surface area contributed by atoms with Gasteiger partial charge in [-0.15, -0.1) is 5.10 Å². The molecule has 1 aliphatic heterocycles. The second-order valence-electron chi connectivity index (χ2n) is 5.07. The van der Waals surface area contributed by atoms with Crippen LogP contribution in [0, 0.1) is 5.92 Å². The fourth-order valence-electron chi connectivity index (χ4n) is 2.59. The van der Waals surface area contributed by atoms with Crippen LogP contribution in [0.2, 0.25) is 0 Å². The number of phenolic OH excluding ortho intramolecular Hbond substituents is 1. The maximum absolute atomic E-state index is 11.6. The smallest absolute Gasteiger partial charge is 0.150 e. The minimum Gasteiger partial charge on any atom is -0.508 e. The van der Waals surface area contributed by atoms with Gasteiger partial charge in [-0.05, 0) is 30.9 Å². The van der Waals surface area contributed by atoms with Gasteiger partial charge in [0, 0.05) is 12.6 Å². The van der Waals surface area contributed by atoms with E-state index in [1.807, 2.05) is 0 Å². The summed E-state index contributed by atoms with van der Waals surface area (Å²) in [6.45, 7) is 0.527. The Balaban J connectivity index is 1.87. The Labute approximate surface area is 111 Å². The highest BCUT2D eigenvalue weighted by Crippen LogP contribution is 2.23. The fraction of sp³-hybridized carbons (Fsp3) is 0.500. The van der Waals surface area contributed by atoms with E-state index in [2.05, 4.69) is 10.3 Å². The highest BCUT2D eigenvalue weighted by atomic mass is 32.2. The summed E-state index contributed by atoms with van der Waals surface area (Å²) in [6.07, 6.45) is 1.60. The summed E-state index contributed by atoms with van der Waals surface area (Å²) in [5, 5.41) is 17.6. The molecule has 1 unspecified atom stereocenters.